The number of sulfonamides is 1. The number of ether oxygens (including phenoxy) is 1. The number of hydrogen-bond acceptors (Lipinski definition) is 5. The average Bonchev–Trinajstić information content (AvgIpc) is 3.19. The zero-order valence-corrected chi connectivity index (χ0v) is 16.5. The SMILES string of the molecule is COC(=O)c1sccc1S(=O)(=O)NC(C)c1ccc(-c2ccccc2)cc1. The summed E-state index contributed by atoms with van der Waals surface area (Å²) >= 11 is 1.04. The van der Waals surface area contributed by atoms with Gasteiger partial charge in [-0.05, 0) is 35.1 Å². The average molecular weight is 402 g/mol. The van der Waals surface area contributed by atoms with E-state index in [-0.39, 0.29) is 9.77 Å². The Bertz CT molecular complexity index is 1030. The smallest absolute Gasteiger partial charge is 0.349 e. The van der Waals surface area contributed by atoms with Gasteiger partial charge in [-0.15, -0.1) is 11.3 Å². The van der Waals surface area contributed by atoms with Crippen LogP contribution in [0.5, 0.6) is 0 Å². The summed E-state index contributed by atoms with van der Waals surface area (Å²) in [6.45, 7) is 1.76. The number of carbonyl (C=O) groups is 1. The summed E-state index contributed by atoms with van der Waals surface area (Å²) in [7, 11) is -2.63. The van der Waals surface area contributed by atoms with Crippen LogP contribution >= 0.6 is 11.3 Å². The molecule has 0 saturated heterocycles. The van der Waals surface area contributed by atoms with Gasteiger partial charge in [0.05, 0.1) is 7.11 Å². The van der Waals surface area contributed by atoms with Crippen LogP contribution in [0.15, 0.2) is 70.9 Å². The largest absolute Gasteiger partial charge is 0.465 e. The molecule has 0 aliphatic carbocycles. The number of esters is 1. The highest BCUT2D eigenvalue weighted by atomic mass is 32.2. The van der Waals surface area contributed by atoms with Gasteiger partial charge in [0.25, 0.3) is 0 Å². The standard InChI is InChI=1S/C20H19NO4S2/c1-14(15-8-10-17(11-9-15)16-6-4-3-5-7-16)21-27(23,24)18-12-13-26-19(18)20(22)25-2/h3-14,21H,1-2H3. The van der Waals surface area contributed by atoms with E-state index in [1.54, 1.807) is 12.3 Å². The maximum atomic E-state index is 12.7. The zero-order chi connectivity index (χ0) is 19.4. The van der Waals surface area contributed by atoms with Gasteiger partial charge in [-0.1, -0.05) is 54.6 Å². The van der Waals surface area contributed by atoms with Crippen LogP contribution in [-0.2, 0) is 14.8 Å². The summed E-state index contributed by atoms with van der Waals surface area (Å²) in [5.41, 5.74) is 2.98. The lowest BCUT2D eigenvalue weighted by Crippen LogP contribution is -2.27. The quantitative estimate of drug-likeness (QED) is 0.627. The molecule has 140 valence electrons. The lowest BCUT2D eigenvalue weighted by Gasteiger charge is -2.15. The number of benzene rings is 2. The minimum atomic E-state index is -3.85. The molecular formula is C20H19NO4S2. The first-order valence-electron chi connectivity index (χ1n) is 8.26. The zero-order valence-electron chi connectivity index (χ0n) is 14.9. The highest BCUT2D eigenvalue weighted by Gasteiger charge is 2.26. The van der Waals surface area contributed by atoms with Crippen LogP contribution in [0.25, 0.3) is 11.1 Å². The number of thiophene rings is 1. The van der Waals surface area contributed by atoms with E-state index in [0.29, 0.717) is 0 Å². The molecule has 5 nitrogen and oxygen atoms in total. The molecule has 1 N–H and O–H groups in total. The number of nitrogens with one attached hydrogen (secondary N) is 1. The molecule has 27 heavy (non-hydrogen) atoms. The Hall–Kier alpha value is -2.48. The van der Waals surface area contributed by atoms with Crippen molar-refractivity contribution in [2.24, 2.45) is 0 Å². The van der Waals surface area contributed by atoms with Crippen LogP contribution in [0, 0.1) is 0 Å². The van der Waals surface area contributed by atoms with E-state index < -0.39 is 22.0 Å². The third kappa shape index (κ3) is 4.27. The van der Waals surface area contributed by atoms with Crippen molar-refractivity contribution >= 4 is 27.3 Å². The Morgan fingerprint density at radius 1 is 1.00 bits per heavy atom. The van der Waals surface area contributed by atoms with Crippen molar-refractivity contribution in [2.75, 3.05) is 7.11 Å². The van der Waals surface area contributed by atoms with Gasteiger partial charge in [0.1, 0.15) is 9.77 Å². The topological polar surface area (TPSA) is 72.5 Å². The minimum absolute atomic E-state index is 0.0629. The van der Waals surface area contributed by atoms with Crippen LogP contribution in [0.3, 0.4) is 0 Å². The number of carbonyl (C=O) groups excluding carboxylic acids is 1. The summed E-state index contributed by atoms with van der Waals surface area (Å²) < 4.78 is 32.7. The van der Waals surface area contributed by atoms with Gasteiger partial charge in [0.15, 0.2) is 0 Å². The van der Waals surface area contributed by atoms with Crippen LogP contribution in [0.4, 0.5) is 0 Å². The van der Waals surface area contributed by atoms with Gasteiger partial charge in [-0.2, -0.15) is 0 Å². The van der Waals surface area contributed by atoms with E-state index >= 15 is 0 Å². The molecule has 7 heteroatoms. The molecule has 2 aromatic carbocycles. The van der Waals surface area contributed by atoms with E-state index in [1.165, 1.54) is 13.2 Å². The van der Waals surface area contributed by atoms with Crippen molar-refractivity contribution in [3.05, 3.63) is 76.5 Å². The predicted molar refractivity (Wildman–Crippen MR) is 106 cm³/mol. The molecule has 3 aromatic rings. The molecule has 0 aliphatic heterocycles. The van der Waals surface area contributed by atoms with E-state index in [9.17, 15) is 13.2 Å². The molecule has 1 heterocycles. The Kier molecular flexibility index (Phi) is 5.74. The first kappa shape index (κ1) is 19.3. The molecule has 0 radical (unpaired) electrons. The predicted octanol–water partition coefficient (Wildman–Crippen LogP) is 4.24. The Balaban J connectivity index is 1.80. The van der Waals surface area contributed by atoms with E-state index in [2.05, 4.69) is 9.46 Å². The molecule has 0 aliphatic rings. The maximum Gasteiger partial charge on any atom is 0.349 e. The summed E-state index contributed by atoms with van der Waals surface area (Å²) in [4.78, 5) is 11.8. The fraction of sp³-hybridized carbons (Fsp3) is 0.150. The van der Waals surface area contributed by atoms with Crippen molar-refractivity contribution in [3.8, 4) is 11.1 Å². The second-order valence-corrected chi connectivity index (χ2v) is 8.54. The van der Waals surface area contributed by atoms with Gasteiger partial charge in [-0.3, -0.25) is 0 Å². The van der Waals surface area contributed by atoms with Crippen molar-refractivity contribution < 1.29 is 17.9 Å². The molecular weight excluding hydrogens is 382 g/mol. The molecule has 0 saturated carbocycles. The molecule has 0 fully saturated rings. The van der Waals surface area contributed by atoms with Crippen molar-refractivity contribution in [2.45, 2.75) is 17.9 Å². The minimum Gasteiger partial charge on any atom is -0.465 e. The summed E-state index contributed by atoms with van der Waals surface area (Å²) in [6.07, 6.45) is 0. The first-order valence-corrected chi connectivity index (χ1v) is 10.6. The van der Waals surface area contributed by atoms with E-state index in [1.807, 2.05) is 54.6 Å². The second-order valence-electron chi connectivity index (χ2n) is 5.94. The summed E-state index contributed by atoms with van der Waals surface area (Å²) in [5.74, 6) is -0.662. The summed E-state index contributed by atoms with van der Waals surface area (Å²) in [6, 6.07) is 18.6. The van der Waals surface area contributed by atoms with E-state index in [4.69, 9.17) is 0 Å². The van der Waals surface area contributed by atoms with Crippen LogP contribution in [0.1, 0.15) is 28.2 Å². The Morgan fingerprint density at radius 2 is 1.63 bits per heavy atom. The fourth-order valence-electron chi connectivity index (χ4n) is 2.71. The first-order chi connectivity index (χ1) is 12.9. The fourth-order valence-corrected chi connectivity index (χ4v) is 5.28. The third-order valence-corrected chi connectivity index (χ3v) is 6.75. The van der Waals surface area contributed by atoms with Gasteiger partial charge in [0.2, 0.25) is 10.0 Å². The molecule has 1 atom stereocenters. The second kappa shape index (κ2) is 8.04. The summed E-state index contributed by atoms with van der Waals surface area (Å²) in [5, 5.41) is 1.56. The lowest BCUT2D eigenvalue weighted by atomic mass is 10.0. The van der Waals surface area contributed by atoms with Crippen molar-refractivity contribution in [1.82, 2.24) is 4.72 Å². The van der Waals surface area contributed by atoms with E-state index in [0.717, 1.165) is 28.0 Å². The highest BCUT2D eigenvalue weighted by molar-refractivity contribution is 7.89. The van der Waals surface area contributed by atoms with Crippen LogP contribution in [0.2, 0.25) is 0 Å². The number of rotatable bonds is 6. The monoisotopic (exact) mass is 401 g/mol. The molecule has 0 amide bonds. The van der Waals surface area contributed by atoms with Gasteiger partial charge in [0, 0.05) is 6.04 Å². The van der Waals surface area contributed by atoms with Gasteiger partial charge in [-0.25, -0.2) is 17.9 Å². The molecule has 1 aromatic heterocycles. The molecule has 0 spiro atoms. The molecule has 0 bridgehead atoms. The van der Waals surface area contributed by atoms with Crippen molar-refractivity contribution in [1.29, 1.82) is 0 Å². The maximum absolute atomic E-state index is 12.7. The third-order valence-electron chi connectivity index (χ3n) is 4.14. The van der Waals surface area contributed by atoms with Gasteiger partial charge >= 0.3 is 5.97 Å². The normalized spacial score (nSPS) is 12.5. The Labute approximate surface area is 162 Å². The van der Waals surface area contributed by atoms with Crippen LogP contribution in [-0.4, -0.2) is 21.5 Å². The number of methoxy groups -OCH3 is 1. The lowest BCUT2D eigenvalue weighted by molar-refractivity contribution is 0.0602. The Morgan fingerprint density at radius 3 is 2.26 bits per heavy atom. The molecule has 3 rings (SSSR count). The number of hydrogen-bond donors (Lipinski definition) is 1. The van der Waals surface area contributed by atoms with Gasteiger partial charge < -0.3 is 4.74 Å². The van der Waals surface area contributed by atoms with Crippen LogP contribution < -0.4 is 4.72 Å². The highest BCUT2D eigenvalue weighted by Crippen LogP contribution is 2.26. The van der Waals surface area contributed by atoms with Crippen molar-refractivity contribution in [3.63, 3.8) is 0 Å². The molecule has 1 unspecified atom stereocenters.